The molecule has 0 N–H and O–H groups in total. The molecule has 14 heavy (non-hydrogen) atoms. The van der Waals surface area contributed by atoms with Crippen LogP contribution in [-0.4, -0.2) is 73.1 Å². The van der Waals surface area contributed by atoms with Crippen molar-refractivity contribution in [2.45, 2.75) is 25.4 Å². The molecule has 3 heteroatoms. The SMILES string of the molecule is CC(C)N1CCN(C)CC12CN(C)C2. The van der Waals surface area contributed by atoms with Crippen molar-refractivity contribution in [3.63, 3.8) is 0 Å². The number of likely N-dealkylation sites (N-methyl/N-ethyl adjacent to an activating group) is 2. The number of piperazine rings is 1. The fourth-order valence-electron chi connectivity index (χ4n) is 3.23. The van der Waals surface area contributed by atoms with Gasteiger partial charge in [-0.05, 0) is 27.9 Å². The van der Waals surface area contributed by atoms with E-state index in [1.54, 1.807) is 0 Å². The van der Waals surface area contributed by atoms with Crippen LogP contribution in [0.4, 0.5) is 0 Å². The molecule has 0 saturated carbocycles. The van der Waals surface area contributed by atoms with Crippen molar-refractivity contribution in [3.8, 4) is 0 Å². The van der Waals surface area contributed by atoms with Gasteiger partial charge in [-0.3, -0.25) is 4.90 Å². The second kappa shape index (κ2) is 3.47. The second-order valence-corrected chi connectivity index (χ2v) is 5.42. The summed E-state index contributed by atoms with van der Waals surface area (Å²) in [6.45, 7) is 10.9. The molecule has 2 saturated heterocycles. The van der Waals surface area contributed by atoms with E-state index in [9.17, 15) is 0 Å². The van der Waals surface area contributed by atoms with Crippen molar-refractivity contribution in [2.24, 2.45) is 0 Å². The van der Waals surface area contributed by atoms with Crippen LogP contribution in [0, 0.1) is 0 Å². The van der Waals surface area contributed by atoms with Gasteiger partial charge in [-0.15, -0.1) is 0 Å². The average Bonchev–Trinajstić information content (AvgIpc) is 2.00. The number of likely N-dealkylation sites (tertiary alicyclic amines) is 1. The molecule has 2 aliphatic heterocycles. The van der Waals surface area contributed by atoms with Gasteiger partial charge in [0.15, 0.2) is 0 Å². The minimum Gasteiger partial charge on any atom is -0.303 e. The van der Waals surface area contributed by atoms with Crippen molar-refractivity contribution in [1.29, 1.82) is 0 Å². The van der Waals surface area contributed by atoms with Gasteiger partial charge >= 0.3 is 0 Å². The Labute approximate surface area is 87.7 Å². The smallest absolute Gasteiger partial charge is 0.0593 e. The van der Waals surface area contributed by atoms with Crippen LogP contribution in [0.3, 0.4) is 0 Å². The van der Waals surface area contributed by atoms with Crippen molar-refractivity contribution in [3.05, 3.63) is 0 Å². The van der Waals surface area contributed by atoms with Gasteiger partial charge in [0.1, 0.15) is 0 Å². The van der Waals surface area contributed by atoms with Crippen LogP contribution in [0.25, 0.3) is 0 Å². The van der Waals surface area contributed by atoms with E-state index in [1.807, 2.05) is 0 Å². The maximum Gasteiger partial charge on any atom is 0.0593 e. The third kappa shape index (κ3) is 1.58. The molecule has 1 spiro atoms. The summed E-state index contributed by atoms with van der Waals surface area (Å²) in [5.74, 6) is 0. The van der Waals surface area contributed by atoms with Crippen molar-refractivity contribution in [2.75, 3.05) is 46.8 Å². The number of hydrogen-bond donors (Lipinski definition) is 0. The molecule has 0 aromatic heterocycles. The topological polar surface area (TPSA) is 9.72 Å². The van der Waals surface area contributed by atoms with Crippen LogP contribution >= 0.6 is 0 Å². The van der Waals surface area contributed by atoms with Crippen LogP contribution in [-0.2, 0) is 0 Å². The highest BCUT2D eigenvalue weighted by Gasteiger charge is 2.49. The van der Waals surface area contributed by atoms with Crippen LogP contribution in [0.5, 0.6) is 0 Å². The largest absolute Gasteiger partial charge is 0.303 e. The summed E-state index contributed by atoms with van der Waals surface area (Å²) in [4.78, 5) is 7.60. The van der Waals surface area contributed by atoms with Crippen molar-refractivity contribution < 1.29 is 0 Å². The van der Waals surface area contributed by atoms with Gasteiger partial charge in [0.05, 0.1) is 5.54 Å². The van der Waals surface area contributed by atoms with E-state index in [1.165, 1.54) is 32.7 Å². The predicted molar refractivity (Wildman–Crippen MR) is 59.6 cm³/mol. The fraction of sp³-hybridized carbons (Fsp3) is 1.00. The van der Waals surface area contributed by atoms with E-state index in [0.29, 0.717) is 11.6 Å². The molecule has 3 nitrogen and oxygen atoms in total. The van der Waals surface area contributed by atoms with Gasteiger partial charge in [0.25, 0.3) is 0 Å². The van der Waals surface area contributed by atoms with Crippen LogP contribution < -0.4 is 0 Å². The first kappa shape index (κ1) is 10.4. The molecular weight excluding hydrogens is 174 g/mol. The highest BCUT2D eigenvalue weighted by molar-refractivity contribution is 5.07. The van der Waals surface area contributed by atoms with Gasteiger partial charge in [-0.2, -0.15) is 0 Å². The minimum absolute atomic E-state index is 0.468. The molecule has 2 fully saturated rings. The molecule has 0 atom stereocenters. The lowest BCUT2D eigenvalue weighted by atomic mass is 9.84. The van der Waals surface area contributed by atoms with E-state index in [4.69, 9.17) is 0 Å². The zero-order chi connectivity index (χ0) is 10.3. The summed E-state index contributed by atoms with van der Waals surface area (Å²) in [5, 5.41) is 0. The maximum atomic E-state index is 2.70. The Morgan fingerprint density at radius 3 is 2.00 bits per heavy atom. The summed E-state index contributed by atoms with van der Waals surface area (Å²) >= 11 is 0. The molecule has 0 unspecified atom stereocenters. The first-order valence-corrected chi connectivity index (χ1v) is 5.67. The molecule has 0 bridgehead atoms. The number of hydrogen-bond acceptors (Lipinski definition) is 3. The van der Waals surface area contributed by atoms with Crippen molar-refractivity contribution in [1.82, 2.24) is 14.7 Å². The van der Waals surface area contributed by atoms with Crippen LogP contribution in [0.15, 0.2) is 0 Å². The van der Waals surface area contributed by atoms with E-state index >= 15 is 0 Å². The summed E-state index contributed by atoms with van der Waals surface area (Å²) < 4.78 is 0. The Bertz CT molecular complexity index is 209. The highest BCUT2D eigenvalue weighted by Crippen LogP contribution is 2.31. The van der Waals surface area contributed by atoms with E-state index in [0.717, 1.165) is 0 Å². The summed E-state index contributed by atoms with van der Waals surface area (Å²) in [7, 11) is 4.47. The molecule has 0 radical (unpaired) electrons. The Kier molecular flexibility index (Phi) is 2.58. The third-order valence-corrected chi connectivity index (χ3v) is 3.65. The maximum absolute atomic E-state index is 2.70. The number of nitrogens with zero attached hydrogens (tertiary/aromatic N) is 3. The molecule has 0 aromatic rings. The van der Waals surface area contributed by atoms with E-state index in [2.05, 4.69) is 42.6 Å². The van der Waals surface area contributed by atoms with Crippen LogP contribution in [0.1, 0.15) is 13.8 Å². The molecule has 2 heterocycles. The van der Waals surface area contributed by atoms with Crippen LogP contribution in [0.2, 0.25) is 0 Å². The van der Waals surface area contributed by atoms with E-state index in [-0.39, 0.29) is 0 Å². The highest BCUT2D eigenvalue weighted by atomic mass is 15.4. The van der Waals surface area contributed by atoms with E-state index < -0.39 is 0 Å². The standard InChI is InChI=1S/C11H23N3/c1-10(2)14-6-5-12(3)7-11(14)8-13(4)9-11/h10H,5-9H2,1-4H3. The Balaban J connectivity index is 2.09. The van der Waals surface area contributed by atoms with Gasteiger partial charge in [-0.25, -0.2) is 0 Å². The fourth-order valence-corrected chi connectivity index (χ4v) is 3.23. The van der Waals surface area contributed by atoms with Gasteiger partial charge in [0.2, 0.25) is 0 Å². The molecule has 0 aliphatic carbocycles. The quantitative estimate of drug-likeness (QED) is 0.600. The summed E-state index contributed by atoms with van der Waals surface area (Å²) in [5.41, 5.74) is 0.468. The third-order valence-electron chi connectivity index (χ3n) is 3.65. The summed E-state index contributed by atoms with van der Waals surface area (Å²) in [6.07, 6.45) is 0. The molecule has 82 valence electrons. The lowest BCUT2D eigenvalue weighted by Gasteiger charge is -2.60. The molecule has 0 aromatic carbocycles. The first-order chi connectivity index (χ1) is 6.53. The lowest BCUT2D eigenvalue weighted by molar-refractivity contribution is -0.0999. The molecule has 0 amide bonds. The summed E-state index contributed by atoms with van der Waals surface area (Å²) in [6, 6.07) is 0.692. The normalized spacial score (nSPS) is 29.8. The molecular formula is C11H23N3. The minimum atomic E-state index is 0.468. The molecule has 2 aliphatic rings. The Morgan fingerprint density at radius 2 is 1.50 bits per heavy atom. The second-order valence-electron chi connectivity index (χ2n) is 5.42. The predicted octanol–water partition coefficient (Wildman–Crippen LogP) is 0.326. The van der Waals surface area contributed by atoms with Crippen molar-refractivity contribution >= 4 is 0 Å². The van der Waals surface area contributed by atoms with Gasteiger partial charge in [-0.1, -0.05) is 0 Å². The monoisotopic (exact) mass is 197 g/mol. The first-order valence-electron chi connectivity index (χ1n) is 5.67. The zero-order valence-electron chi connectivity index (χ0n) is 9.95. The lowest BCUT2D eigenvalue weighted by Crippen LogP contribution is -2.76. The van der Waals surface area contributed by atoms with Gasteiger partial charge in [0, 0.05) is 38.8 Å². The molecule has 2 rings (SSSR count). The number of rotatable bonds is 1. The average molecular weight is 197 g/mol. The Hall–Kier alpha value is -0.120. The zero-order valence-corrected chi connectivity index (χ0v) is 9.95. The van der Waals surface area contributed by atoms with Gasteiger partial charge < -0.3 is 9.80 Å². The Morgan fingerprint density at radius 1 is 0.929 bits per heavy atom.